The first-order valence-electron chi connectivity index (χ1n) is 11.7. The average Bonchev–Trinajstić information content (AvgIpc) is 3.43. The Labute approximate surface area is 206 Å². The van der Waals surface area contributed by atoms with E-state index in [1.54, 1.807) is 14.2 Å². The minimum absolute atomic E-state index is 0.154. The summed E-state index contributed by atoms with van der Waals surface area (Å²) in [4.78, 5) is 9.37. The summed E-state index contributed by atoms with van der Waals surface area (Å²) in [5.74, 6) is 3.11. The van der Waals surface area contributed by atoms with E-state index in [2.05, 4.69) is 27.5 Å². The van der Waals surface area contributed by atoms with Gasteiger partial charge in [0.1, 0.15) is 12.2 Å². The molecule has 2 aliphatic rings. The molecule has 5 rings (SSSR count). The summed E-state index contributed by atoms with van der Waals surface area (Å²) < 4.78 is 12.3. The van der Waals surface area contributed by atoms with Crippen LogP contribution < -0.4 is 14.8 Å². The van der Waals surface area contributed by atoms with E-state index in [0.717, 1.165) is 24.2 Å². The summed E-state index contributed by atoms with van der Waals surface area (Å²) in [6.45, 7) is 2.09. The van der Waals surface area contributed by atoms with Crippen LogP contribution in [0.2, 0.25) is 0 Å². The van der Waals surface area contributed by atoms with Crippen molar-refractivity contribution >= 4 is 28.7 Å². The molecule has 0 aliphatic heterocycles. The number of hydrogen-bond acceptors (Lipinski definition) is 11. The number of aliphatic hydroxyl groups excluding tert-OH is 3. The lowest BCUT2D eigenvalue weighted by molar-refractivity contribution is -0.0253. The molecule has 6 atom stereocenters. The molecule has 2 aliphatic carbocycles. The van der Waals surface area contributed by atoms with Crippen LogP contribution in [0, 0.1) is 0 Å². The summed E-state index contributed by atoms with van der Waals surface area (Å²) in [5.41, 5.74) is 2.10. The van der Waals surface area contributed by atoms with Crippen LogP contribution in [0.5, 0.6) is 11.5 Å². The van der Waals surface area contributed by atoms with Crippen LogP contribution in [0.4, 0.5) is 5.82 Å². The smallest absolute Gasteiger partial charge is 0.191 e. The van der Waals surface area contributed by atoms with E-state index in [1.807, 2.05) is 18.2 Å². The van der Waals surface area contributed by atoms with Crippen LogP contribution in [0.25, 0.3) is 11.2 Å². The Morgan fingerprint density at radius 1 is 1.09 bits per heavy atom. The van der Waals surface area contributed by atoms with Gasteiger partial charge in [-0.05, 0) is 30.5 Å². The molecule has 0 spiro atoms. The third-order valence-corrected chi connectivity index (χ3v) is 7.68. The van der Waals surface area contributed by atoms with Gasteiger partial charge in [0.25, 0.3) is 0 Å². The maximum Gasteiger partial charge on any atom is 0.191 e. The van der Waals surface area contributed by atoms with Gasteiger partial charge in [-0.15, -0.1) is 5.10 Å². The highest BCUT2D eigenvalue weighted by atomic mass is 32.2. The number of methoxy groups -OCH3 is 2. The molecule has 0 saturated heterocycles. The second-order valence-corrected chi connectivity index (χ2v) is 10.0. The van der Waals surface area contributed by atoms with Crippen molar-refractivity contribution in [2.45, 2.75) is 67.7 Å². The van der Waals surface area contributed by atoms with E-state index >= 15 is 0 Å². The Kier molecular flexibility index (Phi) is 6.71. The van der Waals surface area contributed by atoms with E-state index in [1.165, 1.54) is 16.4 Å². The lowest BCUT2D eigenvalue weighted by Gasteiger charge is -2.16. The summed E-state index contributed by atoms with van der Waals surface area (Å²) in [6, 6.07) is 5.48. The molecule has 11 nitrogen and oxygen atoms in total. The van der Waals surface area contributed by atoms with E-state index in [0.29, 0.717) is 33.6 Å². The van der Waals surface area contributed by atoms with Crippen molar-refractivity contribution in [3.63, 3.8) is 0 Å². The molecule has 0 amide bonds. The third kappa shape index (κ3) is 4.51. The molecule has 0 bridgehead atoms. The van der Waals surface area contributed by atoms with Gasteiger partial charge in [0.15, 0.2) is 33.6 Å². The highest BCUT2D eigenvalue weighted by molar-refractivity contribution is 7.99. The minimum atomic E-state index is -1.23. The molecule has 2 heterocycles. The molecule has 2 aromatic heterocycles. The zero-order valence-electron chi connectivity index (χ0n) is 19.8. The first kappa shape index (κ1) is 24.0. The predicted molar refractivity (Wildman–Crippen MR) is 130 cm³/mol. The lowest BCUT2D eigenvalue weighted by Crippen LogP contribution is -2.31. The molecule has 12 heteroatoms. The number of anilines is 1. The number of hydrogen-bond donors (Lipinski definition) is 4. The number of benzene rings is 1. The standard InChI is InChI=1S/C23H30N6O5S/c1-4-7-35-23-25-21(24-13-9-12(13)11-5-6-16(33-2)17(8-11)34-3)18-22(26-23)29(28-27-18)14-10-15(30)20(32)19(14)31/h5-6,8,12-15,19-20,30-32H,4,7,9-10H2,1-3H3,(H,24,25,26). The molecular formula is C23H30N6O5S. The second kappa shape index (κ2) is 9.76. The maximum atomic E-state index is 10.5. The van der Waals surface area contributed by atoms with Crippen LogP contribution in [0.1, 0.15) is 43.7 Å². The van der Waals surface area contributed by atoms with Crippen LogP contribution in [0.3, 0.4) is 0 Å². The van der Waals surface area contributed by atoms with Gasteiger partial charge in [-0.3, -0.25) is 0 Å². The SMILES string of the molecule is CCCSc1nc(NC2CC2c2ccc(OC)c(OC)c2)c2nnn(C3CC(O)C(O)C3O)c2n1. The molecule has 2 saturated carbocycles. The number of nitrogens with one attached hydrogen (secondary N) is 1. The van der Waals surface area contributed by atoms with Crippen LogP contribution in [-0.4, -0.2) is 84.6 Å². The summed E-state index contributed by atoms with van der Waals surface area (Å²) in [6.07, 6.45) is -1.37. The van der Waals surface area contributed by atoms with Gasteiger partial charge in [0, 0.05) is 24.1 Å². The van der Waals surface area contributed by atoms with Crippen LogP contribution in [0.15, 0.2) is 23.4 Å². The van der Waals surface area contributed by atoms with Crippen molar-refractivity contribution in [3.8, 4) is 11.5 Å². The molecule has 4 N–H and O–H groups in total. The Balaban J connectivity index is 1.43. The van der Waals surface area contributed by atoms with Crippen molar-refractivity contribution in [3.05, 3.63) is 23.8 Å². The average molecular weight is 503 g/mol. The number of thioether (sulfide) groups is 1. The Morgan fingerprint density at radius 2 is 1.89 bits per heavy atom. The van der Waals surface area contributed by atoms with Crippen molar-refractivity contribution in [1.82, 2.24) is 25.0 Å². The first-order chi connectivity index (χ1) is 16.9. The highest BCUT2D eigenvalue weighted by Gasteiger charge is 2.44. The Morgan fingerprint density at radius 3 is 2.57 bits per heavy atom. The molecule has 3 aromatic rings. The van der Waals surface area contributed by atoms with Crippen LogP contribution in [-0.2, 0) is 0 Å². The van der Waals surface area contributed by atoms with Gasteiger partial charge in [-0.1, -0.05) is 30.0 Å². The number of nitrogens with zero attached hydrogens (tertiary/aromatic N) is 5. The summed E-state index contributed by atoms with van der Waals surface area (Å²) in [7, 11) is 3.24. The molecule has 2 fully saturated rings. The highest BCUT2D eigenvalue weighted by Crippen LogP contribution is 2.45. The Hall–Kier alpha value is -2.67. The second-order valence-electron chi connectivity index (χ2n) is 8.97. The number of aromatic nitrogens is 5. The van der Waals surface area contributed by atoms with Gasteiger partial charge < -0.3 is 30.1 Å². The normalized spacial score (nSPS) is 27.8. The number of rotatable bonds is 9. The van der Waals surface area contributed by atoms with Gasteiger partial charge in [0.2, 0.25) is 0 Å². The van der Waals surface area contributed by atoms with Crippen molar-refractivity contribution in [1.29, 1.82) is 0 Å². The van der Waals surface area contributed by atoms with Gasteiger partial charge in [0.05, 0.1) is 26.4 Å². The minimum Gasteiger partial charge on any atom is -0.493 e. The van der Waals surface area contributed by atoms with E-state index in [4.69, 9.17) is 14.5 Å². The summed E-state index contributed by atoms with van der Waals surface area (Å²) >= 11 is 1.54. The summed E-state index contributed by atoms with van der Waals surface area (Å²) in [5, 5.41) is 43.2. The molecule has 1 aromatic carbocycles. The molecule has 0 radical (unpaired) electrons. The van der Waals surface area contributed by atoms with Gasteiger partial charge >= 0.3 is 0 Å². The zero-order valence-corrected chi connectivity index (χ0v) is 20.6. The predicted octanol–water partition coefficient (Wildman–Crippen LogP) is 1.74. The third-order valence-electron chi connectivity index (χ3n) is 6.62. The fourth-order valence-electron chi connectivity index (χ4n) is 4.60. The van der Waals surface area contributed by atoms with Crippen molar-refractivity contribution in [2.24, 2.45) is 0 Å². The van der Waals surface area contributed by atoms with E-state index in [9.17, 15) is 15.3 Å². The van der Waals surface area contributed by atoms with Crippen LogP contribution >= 0.6 is 11.8 Å². The van der Waals surface area contributed by atoms with Gasteiger partial charge in [-0.2, -0.15) is 0 Å². The number of aliphatic hydroxyl groups is 3. The van der Waals surface area contributed by atoms with Crippen molar-refractivity contribution < 1.29 is 24.8 Å². The zero-order chi connectivity index (χ0) is 24.7. The molecule has 188 valence electrons. The fourth-order valence-corrected chi connectivity index (χ4v) is 5.29. The van der Waals surface area contributed by atoms with E-state index < -0.39 is 24.4 Å². The molecular weight excluding hydrogens is 472 g/mol. The number of fused-ring (bicyclic) bond motifs is 1. The first-order valence-corrected chi connectivity index (χ1v) is 12.7. The largest absolute Gasteiger partial charge is 0.493 e. The maximum absolute atomic E-state index is 10.5. The molecule has 6 unspecified atom stereocenters. The van der Waals surface area contributed by atoms with E-state index in [-0.39, 0.29) is 18.4 Å². The Bertz CT molecular complexity index is 1210. The number of ether oxygens (including phenoxy) is 2. The van der Waals surface area contributed by atoms with Crippen molar-refractivity contribution in [2.75, 3.05) is 25.3 Å². The topological polar surface area (TPSA) is 148 Å². The monoisotopic (exact) mass is 502 g/mol. The molecule has 35 heavy (non-hydrogen) atoms. The lowest BCUT2D eigenvalue weighted by atomic mass is 10.1. The fraction of sp³-hybridized carbons (Fsp3) is 0.565. The quantitative estimate of drug-likeness (QED) is 0.250. The van der Waals surface area contributed by atoms with Gasteiger partial charge in [-0.25, -0.2) is 14.6 Å².